The summed E-state index contributed by atoms with van der Waals surface area (Å²) in [5.74, 6) is -24.7. The van der Waals surface area contributed by atoms with Gasteiger partial charge in [-0.2, -0.15) is 26.3 Å². The van der Waals surface area contributed by atoms with Gasteiger partial charge in [0.15, 0.2) is 18.5 Å². The highest BCUT2D eigenvalue weighted by atomic mass is 28.4. The summed E-state index contributed by atoms with van der Waals surface area (Å²) >= 11 is 0. The molecule has 0 rings (SSSR count). The summed E-state index contributed by atoms with van der Waals surface area (Å²) in [4.78, 5) is 0. The van der Waals surface area contributed by atoms with Crippen molar-refractivity contribution >= 4 is 8.80 Å². The molecule has 5 atom stereocenters. The lowest BCUT2D eigenvalue weighted by Gasteiger charge is -2.40. The number of alkyl halides is 11. The van der Waals surface area contributed by atoms with E-state index in [-0.39, 0.29) is 0 Å². The number of hydrogen-bond donors (Lipinski definition) is 0. The van der Waals surface area contributed by atoms with Gasteiger partial charge in [0.05, 0.1) is 6.33 Å². The maximum Gasteiger partial charge on any atom is 0.543 e. The second-order valence-electron chi connectivity index (χ2n) is 6.14. The molecule has 3 nitrogen and oxygen atoms in total. The summed E-state index contributed by atoms with van der Waals surface area (Å²) in [7, 11) is -5.47. The highest BCUT2D eigenvalue weighted by Crippen LogP contribution is 2.53. The van der Waals surface area contributed by atoms with Crippen LogP contribution in [0.4, 0.5) is 52.7 Å². The minimum Gasteiger partial charge on any atom is -0.372 e. The molecule has 0 saturated heterocycles. The van der Waals surface area contributed by atoms with E-state index in [1.807, 2.05) is 0 Å². The lowest BCUT2D eigenvalue weighted by atomic mass is 9.95. The zero-order valence-electron chi connectivity index (χ0n) is 16.9. The normalized spacial score (nSPS) is 19.1. The topological polar surface area (TPSA) is 27.7 Å². The van der Waals surface area contributed by atoms with Crippen LogP contribution in [0, 0.1) is 0 Å². The van der Waals surface area contributed by atoms with Gasteiger partial charge >= 0.3 is 26.6 Å². The zero-order valence-corrected chi connectivity index (χ0v) is 17.9. The van der Waals surface area contributed by atoms with Crippen LogP contribution in [-0.4, -0.2) is 76.9 Å². The van der Waals surface area contributed by atoms with E-state index in [1.54, 1.807) is 0 Å². The summed E-state index contributed by atoms with van der Waals surface area (Å²) in [6.07, 6.45) is -18.1. The predicted molar refractivity (Wildman–Crippen MR) is 90.2 cm³/mol. The van der Waals surface area contributed by atoms with Gasteiger partial charge in [0, 0.05) is 19.8 Å². The Kier molecular flexibility index (Phi) is 11.5. The maximum atomic E-state index is 14.7. The van der Waals surface area contributed by atoms with Crippen molar-refractivity contribution in [1.82, 2.24) is 0 Å². The Morgan fingerprint density at radius 2 is 1.12 bits per heavy atom. The Morgan fingerprint density at radius 3 is 1.47 bits per heavy atom. The van der Waals surface area contributed by atoms with Crippen molar-refractivity contribution in [3.8, 4) is 0 Å². The summed E-state index contributed by atoms with van der Waals surface area (Å²) in [6.45, 7) is 1.32. The van der Waals surface area contributed by atoms with E-state index < -0.39 is 89.3 Å². The lowest BCUT2D eigenvalue weighted by molar-refractivity contribution is -0.340. The van der Waals surface area contributed by atoms with E-state index in [4.69, 9.17) is 0 Å². The molecule has 0 spiro atoms. The Bertz CT molecular complexity index is 578. The minimum absolute atomic E-state index is 0.404. The van der Waals surface area contributed by atoms with E-state index in [1.165, 1.54) is 0 Å². The smallest absolute Gasteiger partial charge is 0.372 e. The van der Waals surface area contributed by atoms with Crippen LogP contribution < -0.4 is 0 Å². The fourth-order valence-corrected chi connectivity index (χ4v) is 4.96. The van der Waals surface area contributed by atoms with Crippen LogP contribution in [0.5, 0.6) is 0 Å². The van der Waals surface area contributed by atoms with Crippen molar-refractivity contribution in [3.63, 3.8) is 0 Å². The number of hydrogen-bond acceptors (Lipinski definition) is 3. The van der Waals surface area contributed by atoms with Crippen molar-refractivity contribution in [1.29, 1.82) is 0 Å². The van der Waals surface area contributed by atoms with Crippen LogP contribution >= 0.6 is 0 Å². The molecule has 0 fully saturated rings. The third kappa shape index (κ3) is 5.91. The average molecular weight is 518 g/mol. The average Bonchev–Trinajstić information content (AvgIpc) is 2.71. The molecule has 0 heterocycles. The van der Waals surface area contributed by atoms with Crippen LogP contribution in [0.15, 0.2) is 12.4 Å². The monoisotopic (exact) mass is 518 g/mol. The molecular weight excluding hydrogens is 496 g/mol. The molecule has 0 amide bonds. The van der Waals surface area contributed by atoms with Crippen molar-refractivity contribution < 1.29 is 66.0 Å². The predicted octanol–water partition coefficient (Wildman–Crippen LogP) is 5.65. The minimum atomic E-state index is -7.01. The molecule has 0 aromatic rings. The molecule has 0 bridgehead atoms. The van der Waals surface area contributed by atoms with E-state index in [2.05, 4.69) is 13.3 Å². The van der Waals surface area contributed by atoms with Gasteiger partial charge in [0.1, 0.15) is 0 Å². The second kappa shape index (κ2) is 11.9. The zero-order chi connectivity index (χ0) is 25.5. The molecule has 0 aliphatic carbocycles. The first-order valence-electron chi connectivity index (χ1n) is 9.08. The van der Waals surface area contributed by atoms with Gasteiger partial charge in [-0.15, -0.1) is 0 Å². The quantitative estimate of drug-likeness (QED) is 0.207. The molecule has 0 aliphatic rings. The van der Waals surface area contributed by atoms with Crippen LogP contribution in [-0.2, 0) is 13.3 Å². The van der Waals surface area contributed by atoms with Crippen molar-refractivity contribution in [2.75, 3.05) is 19.8 Å². The first kappa shape index (κ1) is 31.0. The van der Waals surface area contributed by atoms with E-state index in [0.717, 1.165) is 20.8 Å². The summed E-state index contributed by atoms with van der Waals surface area (Å²) < 4.78 is 179. The van der Waals surface area contributed by atoms with Gasteiger partial charge in [-0.25, -0.2) is 26.3 Å². The van der Waals surface area contributed by atoms with E-state index in [9.17, 15) is 52.7 Å². The third-order valence-corrected chi connectivity index (χ3v) is 7.05. The molecule has 0 aromatic carbocycles. The molecule has 0 aromatic heterocycles. The van der Waals surface area contributed by atoms with Crippen molar-refractivity contribution in [2.45, 2.75) is 69.0 Å². The summed E-state index contributed by atoms with van der Waals surface area (Å²) in [5.41, 5.74) is 0. The largest absolute Gasteiger partial charge is 0.543 e. The van der Waals surface area contributed by atoms with Crippen molar-refractivity contribution in [2.24, 2.45) is 0 Å². The number of allylic oxidation sites excluding steroid dienone is 1. The highest BCUT2D eigenvalue weighted by molar-refractivity contribution is 6.62. The first-order chi connectivity index (χ1) is 14.6. The molecule has 192 valence electrons. The lowest BCUT2D eigenvalue weighted by Crippen LogP contribution is -2.70. The molecule has 0 saturated carbocycles. The molecule has 0 radical (unpaired) electrons. The van der Waals surface area contributed by atoms with Gasteiger partial charge in [-0.05, 0) is 26.8 Å². The van der Waals surface area contributed by atoms with Crippen LogP contribution in [0.2, 0.25) is 0 Å². The molecular formula is C16H22F12O3Si. The van der Waals surface area contributed by atoms with E-state index >= 15 is 0 Å². The maximum absolute atomic E-state index is 14.7. The standard InChI is InChI=1S/C16H22F12O3Si/c1-4-29-32(30-5-2,31-6-3)13(22)15(25,26)16(27,28)14(23,24)12(21)11(20)10(19)9(18)7-8-17/h7-13H,4-6H2,1-3H3. The third-order valence-electron chi connectivity index (χ3n) is 3.99. The molecule has 32 heavy (non-hydrogen) atoms. The first-order valence-corrected chi connectivity index (χ1v) is 10.9. The summed E-state index contributed by atoms with van der Waals surface area (Å²) in [6, 6.07) is 0. The Hall–Kier alpha value is -1.00. The highest BCUT2D eigenvalue weighted by Gasteiger charge is 2.82. The Labute approximate surface area is 177 Å². The summed E-state index contributed by atoms with van der Waals surface area (Å²) in [5, 5.41) is 0. The Morgan fingerprint density at radius 1 is 0.719 bits per heavy atom. The van der Waals surface area contributed by atoms with E-state index in [0.29, 0.717) is 0 Å². The SMILES string of the molecule is CCO[Si](OCC)(OCC)C(F)C(F)(F)C(F)(F)C(F)(F)C(F)C(F)C(F)C(F)C=CF. The fourth-order valence-electron chi connectivity index (χ4n) is 2.44. The fraction of sp³-hybridized carbons (Fsp3) is 0.875. The van der Waals surface area contributed by atoms with Crippen LogP contribution in [0.25, 0.3) is 0 Å². The van der Waals surface area contributed by atoms with Gasteiger partial charge in [-0.3, -0.25) is 0 Å². The van der Waals surface area contributed by atoms with Gasteiger partial charge in [0.2, 0.25) is 12.0 Å². The van der Waals surface area contributed by atoms with Gasteiger partial charge in [0.25, 0.3) is 0 Å². The van der Waals surface area contributed by atoms with Gasteiger partial charge < -0.3 is 13.3 Å². The van der Waals surface area contributed by atoms with Crippen LogP contribution in [0.3, 0.4) is 0 Å². The van der Waals surface area contributed by atoms with Crippen LogP contribution in [0.1, 0.15) is 20.8 Å². The molecule has 0 aliphatic heterocycles. The Balaban J connectivity index is 6.23. The van der Waals surface area contributed by atoms with Crippen molar-refractivity contribution in [3.05, 3.63) is 12.4 Å². The molecule has 5 unspecified atom stereocenters. The molecule has 0 N–H and O–H groups in total. The molecule has 16 heteroatoms. The van der Waals surface area contributed by atoms with Gasteiger partial charge in [-0.1, -0.05) is 0 Å². The second-order valence-corrected chi connectivity index (χ2v) is 8.72. The number of rotatable bonds is 15. The number of halogens is 12.